The van der Waals surface area contributed by atoms with Gasteiger partial charge in [-0.3, -0.25) is 57.5 Å². The quantitative estimate of drug-likeness (QED) is 0.180. The summed E-state index contributed by atoms with van der Waals surface area (Å²) >= 11 is 6.35. The number of hydrogen-bond acceptors (Lipinski definition) is 13. The summed E-state index contributed by atoms with van der Waals surface area (Å²) in [7, 11) is 6.73. The normalized spacial score (nSPS) is 30.6. The number of likely N-dealkylation sites (N-methyl/N-ethyl adjacent to an activating group) is 5. The van der Waals surface area contributed by atoms with Crippen molar-refractivity contribution in [1.29, 1.82) is 0 Å². The second-order valence-electron chi connectivity index (χ2n) is 29.6. The highest BCUT2D eigenvalue weighted by Gasteiger charge is 2.49. The van der Waals surface area contributed by atoms with Crippen LogP contribution < -0.4 is 16.0 Å². The van der Waals surface area contributed by atoms with E-state index in [2.05, 4.69) is 16.0 Å². The van der Waals surface area contributed by atoms with Crippen molar-refractivity contribution in [2.45, 2.75) is 228 Å². The third-order valence-corrected chi connectivity index (χ3v) is 23.0. The zero-order valence-corrected chi connectivity index (χ0v) is 61.4. The maximum absolute atomic E-state index is 15.4. The minimum atomic E-state index is -4.55. The Labute approximate surface area is 600 Å². The molecule has 3 N–H and O–H groups in total. The second-order valence-corrected chi connectivity index (χ2v) is 30.2. The lowest BCUT2D eigenvalue weighted by atomic mass is 9.78. The molecule has 3 aliphatic carbocycles. The first-order chi connectivity index (χ1) is 48.2. The van der Waals surface area contributed by atoms with Crippen LogP contribution in [0.5, 0.6) is 0 Å². The summed E-state index contributed by atoms with van der Waals surface area (Å²) in [6.45, 7) is 3.26. The fraction of sp³-hybridized carbons (Fsp3) is 0.829. The number of nitrogens with zero attached hydrogens (tertiary/aromatic N) is 9. The molecule has 3 saturated carbocycles. The number of morpholine rings is 1. The number of amides is 12. The Morgan fingerprint density at radius 1 is 0.588 bits per heavy atom. The molecule has 0 radical (unpaired) electrons. The first kappa shape index (κ1) is 82.8. The fourth-order valence-corrected chi connectivity index (χ4v) is 16.6. The highest BCUT2D eigenvalue weighted by Crippen LogP contribution is 2.44. The van der Waals surface area contributed by atoms with Crippen LogP contribution in [-0.2, 0) is 62.3 Å². The molecule has 0 spiro atoms. The minimum Gasteiger partial charge on any atom is -0.378 e. The topological polar surface area (TPSA) is 279 Å². The molecule has 7 fully saturated rings. The van der Waals surface area contributed by atoms with Crippen LogP contribution in [-0.4, -0.2) is 282 Å². The Bertz CT molecular complexity index is 2950. The van der Waals surface area contributed by atoms with Gasteiger partial charge >= 0.3 is 12.4 Å². The predicted molar refractivity (Wildman–Crippen MR) is 363 cm³/mol. The molecular weight excluding hydrogens is 1370 g/mol. The highest BCUT2D eigenvalue weighted by atomic mass is 35.5. The number of ether oxygens (including phenoxy) is 1. The van der Waals surface area contributed by atoms with Crippen LogP contribution in [0.15, 0.2) is 0 Å². The summed E-state index contributed by atoms with van der Waals surface area (Å²) in [5, 5.41) is 6.99. The molecule has 11 atom stereocenters. The van der Waals surface area contributed by atoms with E-state index in [1.54, 1.807) is 20.8 Å². The van der Waals surface area contributed by atoms with Crippen LogP contribution in [0.4, 0.5) is 26.3 Å². The molecule has 102 heavy (non-hydrogen) atoms. The smallest absolute Gasteiger partial charge is 0.378 e. The molecule has 7 aliphatic rings. The number of halogens is 7. The van der Waals surface area contributed by atoms with Gasteiger partial charge in [0.15, 0.2) is 0 Å². The Hall–Kier alpha value is -6.53. The van der Waals surface area contributed by atoms with Crippen molar-refractivity contribution in [1.82, 2.24) is 60.0 Å². The zero-order valence-electron chi connectivity index (χ0n) is 60.6. The van der Waals surface area contributed by atoms with E-state index in [1.165, 1.54) is 64.6 Å². The molecule has 0 aromatic carbocycles. The SMILES string of the molecule is CCCN1C(=O)CN(C)C(=O)CN(C)C(=O)[C@H]([C@@H](C)CC)NC(=O)[C@@H]2CCCCCN2C(=O)C[C@@H](C(=O)N2CCOCC2)N(C)C(=O)[C@H](C2CCCC2)N(C)C(=O)CNC(=O)[C@@H]2CCCN2C(=O)[C@H](CCC2CCC(C(F)(F)F)C(Cl)C2)NC(=O)CN(C)C(=O)[C@@H]1CC1CCC(C(F)(F)F)CC1. The Morgan fingerprint density at radius 2 is 1.20 bits per heavy atom. The van der Waals surface area contributed by atoms with Crippen molar-refractivity contribution in [3.05, 3.63) is 0 Å². The fourth-order valence-electron chi connectivity index (χ4n) is 16.1. The molecule has 3 unspecified atom stereocenters. The molecule has 4 aliphatic heterocycles. The van der Waals surface area contributed by atoms with E-state index in [0.717, 1.165) is 14.7 Å². The van der Waals surface area contributed by atoms with Crippen molar-refractivity contribution in [3.63, 3.8) is 0 Å². The zero-order chi connectivity index (χ0) is 75.1. The monoisotopic (exact) mass is 1470 g/mol. The van der Waals surface area contributed by atoms with E-state index >= 15 is 19.2 Å². The molecule has 12 amide bonds. The van der Waals surface area contributed by atoms with Gasteiger partial charge in [-0.05, 0) is 133 Å². The predicted octanol–water partition coefficient (Wildman–Crippen LogP) is 5.09. The van der Waals surface area contributed by atoms with Crippen molar-refractivity contribution in [2.24, 2.45) is 35.5 Å². The van der Waals surface area contributed by atoms with E-state index in [9.17, 15) is 64.7 Å². The van der Waals surface area contributed by atoms with Gasteiger partial charge in [-0.1, -0.05) is 52.9 Å². The van der Waals surface area contributed by atoms with Crippen molar-refractivity contribution in [3.8, 4) is 0 Å². The maximum Gasteiger partial charge on any atom is 0.393 e. The van der Waals surface area contributed by atoms with Gasteiger partial charge in [0.2, 0.25) is 70.9 Å². The standard InChI is InChI=1S/C70H109ClF6N12O13/c1-9-29-87-54(37-45-21-25-47(26-22-45)69(72,73)74)65(98)82(5)40-55(90)79-50(28-24-44-23-27-48(49(71)36-44)70(75,76)77)64(97)89-31-16-20-51(89)62(95)78-39-57(92)85(8)61(46-17-13-14-18-46)68(101)84(7)53(66(99)86-32-34-102-35-33-86)38-56(91)88-30-15-11-12-19-52(88)63(96)80-60(43(3)10-2)67(100)83(6)41-58(93)81(4)42-59(87)94/h43-54,60-61H,9-42H2,1-8H3,(H,78,95)(H,79,90)(H,80,96)/t43-,44?,45?,47?,48?,49?,50-,51-,52-,53-,54-,60-,61-/m0/s1. The van der Waals surface area contributed by atoms with Gasteiger partial charge in [0.25, 0.3) is 0 Å². The van der Waals surface area contributed by atoms with Crippen LogP contribution in [0.2, 0.25) is 0 Å². The second kappa shape index (κ2) is 37.4. The number of hydrogen-bond donors (Lipinski definition) is 3. The van der Waals surface area contributed by atoms with Gasteiger partial charge in [-0.25, -0.2) is 0 Å². The average molecular weight is 1480 g/mol. The van der Waals surface area contributed by atoms with Crippen LogP contribution in [0.3, 0.4) is 0 Å². The van der Waals surface area contributed by atoms with Gasteiger partial charge in [0.05, 0.1) is 57.6 Å². The van der Waals surface area contributed by atoms with Gasteiger partial charge in [-0.15, -0.1) is 11.6 Å². The molecule has 7 rings (SSSR count). The van der Waals surface area contributed by atoms with Gasteiger partial charge < -0.3 is 64.8 Å². The van der Waals surface area contributed by atoms with E-state index < -0.39 is 199 Å². The van der Waals surface area contributed by atoms with Crippen molar-refractivity contribution < 1.29 is 88.6 Å². The largest absolute Gasteiger partial charge is 0.393 e. The Kier molecular flexibility index (Phi) is 30.4. The molecule has 576 valence electrons. The first-order valence-corrected chi connectivity index (χ1v) is 37.3. The molecular formula is C70H109ClF6N12O13. The Morgan fingerprint density at radius 3 is 1.82 bits per heavy atom. The number of nitrogens with one attached hydrogen (secondary N) is 3. The lowest BCUT2D eigenvalue weighted by Gasteiger charge is -2.40. The highest BCUT2D eigenvalue weighted by molar-refractivity contribution is 6.20. The van der Waals surface area contributed by atoms with Crippen LogP contribution >= 0.6 is 11.6 Å². The third kappa shape index (κ3) is 21.6. The summed E-state index contributed by atoms with van der Waals surface area (Å²) < 4.78 is 89.4. The number of rotatable bonds is 11. The lowest BCUT2D eigenvalue weighted by molar-refractivity contribution is -0.184. The molecule has 0 aromatic heterocycles. The van der Waals surface area contributed by atoms with E-state index in [0.29, 0.717) is 57.8 Å². The van der Waals surface area contributed by atoms with E-state index in [4.69, 9.17) is 16.3 Å². The number of carbonyl (C=O) groups excluding carboxylic acids is 12. The summed E-state index contributed by atoms with van der Waals surface area (Å²) in [6, 6.07) is -9.06. The van der Waals surface area contributed by atoms with Crippen LogP contribution in [0.25, 0.3) is 0 Å². The average Bonchev–Trinajstić information content (AvgIpc) is 1.50. The summed E-state index contributed by atoms with van der Waals surface area (Å²) in [5.74, 6) is -13.8. The Balaban J connectivity index is 1.25. The summed E-state index contributed by atoms with van der Waals surface area (Å²) in [4.78, 5) is 188. The minimum absolute atomic E-state index is 0.00118. The molecule has 4 heterocycles. The van der Waals surface area contributed by atoms with E-state index in [1.807, 2.05) is 0 Å². The van der Waals surface area contributed by atoms with E-state index in [-0.39, 0.29) is 129 Å². The molecule has 0 bridgehead atoms. The maximum atomic E-state index is 15.4. The van der Waals surface area contributed by atoms with Gasteiger partial charge in [0.1, 0.15) is 42.3 Å². The van der Waals surface area contributed by atoms with Gasteiger partial charge in [0, 0.05) is 73.3 Å². The third-order valence-electron chi connectivity index (χ3n) is 22.5. The number of carbonyl (C=O) groups is 12. The number of fused-ring (bicyclic) bond motifs is 2. The van der Waals surface area contributed by atoms with Gasteiger partial charge in [-0.2, -0.15) is 26.3 Å². The summed E-state index contributed by atoms with van der Waals surface area (Å²) in [5.41, 5.74) is 0. The van der Waals surface area contributed by atoms with Crippen LogP contribution in [0.1, 0.15) is 168 Å². The summed E-state index contributed by atoms with van der Waals surface area (Å²) in [6.07, 6.45) is -5.09. The molecule has 32 heteroatoms. The lowest BCUT2D eigenvalue weighted by Crippen LogP contribution is -2.60. The molecule has 0 aromatic rings. The van der Waals surface area contributed by atoms with Crippen molar-refractivity contribution in [2.75, 3.05) is 107 Å². The molecule has 25 nitrogen and oxygen atoms in total. The van der Waals surface area contributed by atoms with Crippen molar-refractivity contribution >= 4 is 82.5 Å². The molecule has 4 saturated heterocycles. The van der Waals surface area contributed by atoms with Crippen LogP contribution in [0, 0.1) is 35.5 Å². The first-order valence-electron chi connectivity index (χ1n) is 36.8. The number of alkyl halides is 7.